The Morgan fingerprint density at radius 2 is 1.89 bits per heavy atom. The summed E-state index contributed by atoms with van der Waals surface area (Å²) in [5, 5.41) is 13.4. The normalized spacial score (nSPS) is 11.4. The van der Waals surface area contributed by atoms with E-state index < -0.39 is 22.5 Å². The second kappa shape index (κ2) is 8.75. The molecule has 2 rings (SSSR count). The number of anilines is 1. The van der Waals surface area contributed by atoms with Gasteiger partial charge in [0, 0.05) is 0 Å². The molecule has 2 aromatic carbocycles. The van der Waals surface area contributed by atoms with Crippen LogP contribution < -0.4 is 14.5 Å². The van der Waals surface area contributed by atoms with Crippen molar-refractivity contribution in [1.82, 2.24) is 5.43 Å². The number of para-hydroxylation sites is 1. The van der Waals surface area contributed by atoms with Crippen LogP contribution in [0.25, 0.3) is 0 Å². The van der Waals surface area contributed by atoms with Crippen LogP contribution >= 0.6 is 0 Å². The predicted octanol–water partition coefficient (Wildman–Crippen LogP) is 1.93. The van der Waals surface area contributed by atoms with Gasteiger partial charge < -0.3 is 9.84 Å². The van der Waals surface area contributed by atoms with Gasteiger partial charge >= 0.3 is 0 Å². The molecular weight excluding hydrogens is 382 g/mol. The summed E-state index contributed by atoms with van der Waals surface area (Å²) in [6.07, 6.45) is 2.42. The minimum atomic E-state index is -3.67. The number of hydrazone groups is 1. The van der Waals surface area contributed by atoms with E-state index in [1.165, 1.54) is 19.4 Å². The van der Waals surface area contributed by atoms with Gasteiger partial charge in [-0.25, -0.2) is 13.8 Å². The Balaban J connectivity index is 2.15. The van der Waals surface area contributed by atoms with Crippen LogP contribution in [0.5, 0.6) is 11.5 Å². The number of aryl methyl sites for hydroxylation is 2. The van der Waals surface area contributed by atoms with Crippen molar-refractivity contribution in [1.29, 1.82) is 0 Å². The average Bonchev–Trinajstić information content (AvgIpc) is 2.61. The Hall–Kier alpha value is -3.07. The maximum atomic E-state index is 12.3. The second-order valence-electron chi connectivity index (χ2n) is 6.23. The first-order valence-electron chi connectivity index (χ1n) is 8.36. The molecule has 1 amide bonds. The van der Waals surface area contributed by atoms with Crippen LogP contribution in [0.2, 0.25) is 0 Å². The summed E-state index contributed by atoms with van der Waals surface area (Å²) in [5.41, 5.74) is 4.88. The molecule has 0 aliphatic rings. The van der Waals surface area contributed by atoms with Crippen LogP contribution in [0.4, 0.5) is 5.69 Å². The van der Waals surface area contributed by atoms with E-state index in [9.17, 15) is 18.3 Å². The molecule has 0 bridgehead atoms. The summed E-state index contributed by atoms with van der Waals surface area (Å²) in [4.78, 5) is 12.3. The van der Waals surface area contributed by atoms with Crippen molar-refractivity contribution in [2.24, 2.45) is 5.10 Å². The van der Waals surface area contributed by atoms with Crippen molar-refractivity contribution in [3.05, 3.63) is 53.1 Å². The maximum absolute atomic E-state index is 12.3. The molecule has 28 heavy (non-hydrogen) atoms. The zero-order valence-corrected chi connectivity index (χ0v) is 16.9. The number of carbonyl (C=O) groups is 1. The van der Waals surface area contributed by atoms with Crippen LogP contribution in [-0.2, 0) is 14.8 Å². The Bertz CT molecular complexity index is 982. The number of nitrogens with zero attached hydrogens (tertiary/aromatic N) is 2. The number of rotatable bonds is 7. The van der Waals surface area contributed by atoms with Crippen LogP contribution in [0, 0.1) is 13.8 Å². The first kappa shape index (κ1) is 21.2. The topological polar surface area (TPSA) is 108 Å². The smallest absolute Gasteiger partial charge is 0.260 e. The number of nitrogens with one attached hydrogen (secondary N) is 1. The Morgan fingerprint density at radius 3 is 2.46 bits per heavy atom. The molecule has 0 radical (unpaired) electrons. The fourth-order valence-corrected chi connectivity index (χ4v) is 3.65. The van der Waals surface area contributed by atoms with Crippen molar-refractivity contribution in [2.45, 2.75) is 13.8 Å². The van der Waals surface area contributed by atoms with Gasteiger partial charge in [-0.05, 0) is 48.7 Å². The number of hydrogen-bond acceptors (Lipinski definition) is 6. The SMILES string of the molecule is COc1cc(/C=N/NC(=O)CN(c2c(C)cccc2C)S(C)(=O)=O)ccc1O. The standard InChI is InChI=1S/C19H23N3O5S/c1-13-6-5-7-14(2)19(13)22(28(4,25)26)12-18(24)21-20-11-15-8-9-16(23)17(10-15)27-3/h5-11,23H,12H2,1-4H3,(H,21,24)/b20-11+. The lowest BCUT2D eigenvalue weighted by molar-refractivity contribution is -0.119. The van der Waals surface area contributed by atoms with Gasteiger partial charge in [-0.2, -0.15) is 5.10 Å². The van der Waals surface area contributed by atoms with Crippen LogP contribution in [0.3, 0.4) is 0 Å². The number of phenolic OH excluding ortho intramolecular Hbond substituents is 1. The van der Waals surface area contributed by atoms with E-state index in [1.807, 2.05) is 6.07 Å². The van der Waals surface area contributed by atoms with Gasteiger partial charge in [0.1, 0.15) is 6.54 Å². The fourth-order valence-electron chi connectivity index (χ4n) is 2.68. The molecule has 0 unspecified atom stereocenters. The Morgan fingerprint density at radius 1 is 1.25 bits per heavy atom. The largest absolute Gasteiger partial charge is 0.504 e. The Kier molecular flexibility index (Phi) is 6.63. The molecule has 0 spiro atoms. The summed E-state index contributed by atoms with van der Waals surface area (Å²) in [6.45, 7) is 3.17. The predicted molar refractivity (Wildman–Crippen MR) is 109 cm³/mol. The number of hydrogen-bond donors (Lipinski definition) is 2. The van der Waals surface area contributed by atoms with E-state index in [4.69, 9.17) is 4.74 Å². The molecule has 0 atom stereocenters. The number of phenols is 1. The zero-order chi connectivity index (χ0) is 20.9. The highest BCUT2D eigenvalue weighted by Gasteiger charge is 2.23. The van der Waals surface area contributed by atoms with Gasteiger partial charge in [-0.1, -0.05) is 18.2 Å². The highest BCUT2D eigenvalue weighted by atomic mass is 32.2. The lowest BCUT2D eigenvalue weighted by atomic mass is 10.1. The van der Waals surface area contributed by atoms with E-state index in [0.717, 1.165) is 21.7 Å². The zero-order valence-electron chi connectivity index (χ0n) is 16.1. The second-order valence-corrected chi connectivity index (χ2v) is 8.14. The summed E-state index contributed by atoms with van der Waals surface area (Å²) in [7, 11) is -2.25. The van der Waals surface area contributed by atoms with Crippen molar-refractivity contribution < 1.29 is 23.1 Å². The minimum absolute atomic E-state index is 0.0129. The molecule has 2 N–H and O–H groups in total. The van der Waals surface area contributed by atoms with E-state index in [1.54, 1.807) is 38.1 Å². The number of amides is 1. The third-order valence-electron chi connectivity index (χ3n) is 3.98. The third-order valence-corrected chi connectivity index (χ3v) is 5.10. The van der Waals surface area contributed by atoms with Gasteiger partial charge in [0.25, 0.3) is 5.91 Å². The van der Waals surface area contributed by atoms with Crippen molar-refractivity contribution in [2.75, 3.05) is 24.2 Å². The molecule has 0 fully saturated rings. The Labute approximate surface area is 164 Å². The third kappa shape index (κ3) is 5.23. The highest BCUT2D eigenvalue weighted by molar-refractivity contribution is 7.92. The molecule has 8 nitrogen and oxygen atoms in total. The first-order valence-corrected chi connectivity index (χ1v) is 10.2. The number of aromatic hydroxyl groups is 1. The van der Waals surface area contributed by atoms with Crippen LogP contribution in [0.1, 0.15) is 16.7 Å². The quantitative estimate of drug-likeness (QED) is 0.541. The summed E-state index contributed by atoms with van der Waals surface area (Å²) in [6, 6.07) is 9.97. The van der Waals surface area contributed by atoms with Gasteiger partial charge in [-0.3, -0.25) is 9.10 Å². The molecule has 9 heteroatoms. The molecule has 0 saturated carbocycles. The lowest BCUT2D eigenvalue weighted by Gasteiger charge is -2.25. The maximum Gasteiger partial charge on any atom is 0.260 e. The molecular formula is C19H23N3O5S. The lowest BCUT2D eigenvalue weighted by Crippen LogP contribution is -2.39. The number of methoxy groups -OCH3 is 1. The number of carbonyl (C=O) groups excluding carboxylic acids is 1. The van der Waals surface area contributed by atoms with Crippen LogP contribution in [0.15, 0.2) is 41.5 Å². The first-order chi connectivity index (χ1) is 13.1. The summed E-state index contributed by atoms with van der Waals surface area (Å²) >= 11 is 0. The van der Waals surface area contributed by atoms with Gasteiger partial charge in [-0.15, -0.1) is 0 Å². The monoisotopic (exact) mass is 405 g/mol. The minimum Gasteiger partial charge on any atom is -0.504 e. The molecule has 0 aliphatic carbocycles. The van der Waals surface area contributed by atoms with Gasteiger partial charge in [0.15, 0.2) is 11.5 Å². The van der Waals surface area contributed by atoms with Crippen molar-refractivity contribution in [3.63, 3.8) is 0 Å². The summed E-state index contributed by atoms with van der Waals surface area (Å²) < 4.78 is 30.5. The molecule has 150 valence electrons. The molecule has 0 saturated heterocycles. The van der Waals surface area contributed by atoms with Gasteiger partial charge in [0.05, 0.1) is 25.3 Å². The van der Waals surface area contributed by atoms with Crippen molar-refractivity contribution >= 4 is 27.8 Å². The average molecular weight is 405 g/mol. The molecule has 0 heterocycles. The molecule has 2 aromatic rings. The van der Waals surface area contributed by atoms with Crippen molar-refractivity contribution in [3.8, 4) is 11.5 Å². The van der Waals surface area contributed by atoms with E-state index in [0.29, 0.717) is 11.3 Å². The highest BCUT2D eigenvalue weighted by Crippen LogP contribution is 2.27. The number of benzene rings is 2. The van der Waals surface area contributed by atoms with Crippen LogP contribution in [-0.4, -0.2) is 45.6 Å². The fraction of sp³-hybridized carbons (Fsp3) is 0.263. The summed E-state index contributed by atoms with van der Waals surface area (Å²) in [5.74, 6) is -0.329. The molecule has 0 aliphatic heterocycles. The number of sulfonamides is 1. The van der Waals surface area contributed by atoms with Gasteiger partial charge in [0.2, 0.25) is 10.0 Å². The van der Waals surface area contributed by atoms with E-state index in [-0.39, 0.29) is 11.5 Å². The van der Waals surface area contributed by atoms with E-state index in [2.05, 4.69) is 10.5 Å². The molecule has 0 aromatic heterocycles. The number of ether oxygens (including phenoxy) is 1. The van der Waals surface area contributed by atoms with E-state index >= 15 is 0 Å².